The second kappa shape index (κ2) is 11.1. The van der Waals surface area contributed by atoms with Crippen molar-refractivity contribution in [1.29, 1.82) is 0 Å². The fourth-order valence-electron chi connectivity index (χ4n) is 4.82. The molecule has 198 valence electrons. The molecule has 2 atom stereocenters. The van der Waals surface area contributed by atoms with E-state index >= 15 is 0 Å². The summed E-state index contributed by atoms with van der Waals surface area (Å²) in [6.45, 7) is 9.02. The lowest BCUT2D eigenvalue weighted by Crippen LogP contribution is -2.47. The van der Waals surface area contributed by atoms with Gasteiger partial charge in [0.25, 0.3) is 0 Å². The molecule has 2 unspecified atom stereocenters. The van der Waals surface area contributed by atoms with Crippen LogP contribution in [0, 0.1) is 5.92 Å². The normalized spacial score (nSPS) is 22.5. The summed E-state index contributed by atoms with van der Waals surface area (Å²) in [7, 11) is -0.800. The number of aliphatic imine (C=N–C) groups is 2. The van der Waals surface area contributed by atoms with E-state index in [0.29, 0.717) is 5.96 Å². The molecule has 0 amide bonds. The molecular formula is C27H36ClN6O2P. The van der Waals surface area contributed by atoms with E-state index in [1.54, 1.807) is 26.7 Å². The Kier molecular flexibility index (Phi) is 7.80. The number of hydrogen-bond acceptors (Lipinski definition) is 8. The van der Waals surface area contributed by atoms with E-state index in [9.17, 15) is 4.57 Å². The number of nitrogens with one attached hydrogen (secondary N) is 2. The number of methoxy groups -OCH3 is 1. The van der Waals surface area contributed by atoms with Crippen LogP contribution in [0.3, 0.4) is 0 Å². The lowest BCUT2D eigenvalue weighted by molar-refractivity contribution is 0.248. The first-order valence-electron chi connectivity index (χ1n) is 12.9. The van der Waals surface area contributed by atoms with Crippen molar-refractivity contribution in [2.45, 2.75) is 24.4 Å². The maximum absolute atomic E-state index is 12.8. The van der Waals surface area contributed by atoms with Crippen LogP contribution in [-0.4, -0.2) is 81.8 Å². The number of halogens is 1. The van der Waals surface area contributed by atoms with E-state index in [1.165, 1.54) is 19.4 Å². The molecule has 3 aliphatic rings. The molecule has 37 heavy (non-hydrogen) atoms. The SMILES string of the molecule is COc1cc(N2CCN(CC3CC3)CC2)ccc1NC1=NC(Nc2ccccc2P(C)(C)=O)C(Cl)C=N1. The molecule has 2 aromatic carbocycles. The van der Waals surface area contributed by atoms with E-state index < -0.39 is 18.7 Å². The van der Waals surface area contributed by atoms with Crippen molar-refractivity contribution in [3.05, 3.63) is 42.5 Å². The summed E-state index contributed by atoms with van der Waals surface area (Å²) in [4.78, 5) is 14.1. The van der Waals surface area contributed by atoms with Crippen molar-refractivity contribution in [1.82, 2.24) is 4.90 Å². The molecule has 1 aliphatic carbocycles. The Bertz CT molecular complexity index is 1220. The first-order chi connectivity index (χ1) is 17.8. The van der Waals surface area contributed by atoms with E-state index in [2.05, 4.69) is 37.6 Å². The van der Waals surface area contributed by atoms with Crippen molar-refractivity contribution < 1.29 is 9.30 Å². The van der Waals surface area contributed by atoms with Crippen LogP contribution in [0.2, 0.25) is 0 Å². The molecule has 2 N–H and O–H groups in total. The quantitative estimate of drug-likeness (QED) is 0.381. The largest absolute Gasteiger partial charge is 0.494 e. The van der Waals surface area contributed by atoms with Gasteiger partial charge in [-0.25, -0.2) is 9.98 Å². The summed E-state index contributed by atoms with van der Waals surface area (Å²) in [6.07, 6.45) is 4.00. The lowest BCUT2D eigenvalue weighted by Gasteiger charge is -2.36. The highest BCUT2D eigenvalue weighted by Crippen LogP contribution is 2.38. The Morgan fingerprint density at radius 3 is 2.54 bits per heavy atom. The van der Waals surface area contributed by atoms with Gasteiger partial charge in [0.1, 0.15) is 24.4 Å². The van der Waals surface area contributed by atoms with Gasteiger partial charge in [0.2, 0.25) is 5.96 Å². The van der Waals surface area contributed by atoms with E-state index in [-0.39, 0.29) is 0 Å². The van der Waals surface area contributed by atoms with Crippen LogP contribution in [0.15, 0.2) is 52.4 Å². The molecule has 0 bridgehead atoms. The average molecular weight is 543 g/mol. The first kappa shape index (κ1) is 26.1. The number of anilines is 3. The number of hydrogen-bond donors (Lipinski definition) is 2. The number of benzene rings is 2. The van der Waals surface area contributed by atoms with Gasteiger partial charge in [0.15, 0.2) is 0 Å². The Morgan fingerprint density at radius 1 is 1.08 bits per heavy atom. The third-order valence-electron chi connectivity index (χ3n) is 7.07. The maximum atomic E-state index is 12.8. The van der Waals surface area contributed by atoms with Gasteiger partial charge in [-0.3, -0.25) is 4.90 Å². The second-order valence-corrected chi connectivity index (χ2v) is 14.1. The minimum absolute atomic E-state index is 0.433. The topological polar surface area (TPSA) is 81.6 Å². The van der Waals surface area contributed by atoms with Crippen molar-refractivity contribution in [2.75, 3.05) is 68.7 Å². The zero-order valence-electron chi connectivity index (χ0n) is 21.7. The fourth-order valence-corrected chi connectivity index (χ4v) is 6.16. The van der Waals surface area contributed by atoms with Crippen LogP contribution >= 0.6 is 18.7 Å². The minimum atomic E-state index is -2.47. The fraction of sp³-hybridized carbons (Fsp3) is 0.481. The number of alkyl halides is 1. The maximum Gasteiger partial charge on any atom is 0.224 e. The van der Waals surface area contributed by atoms with Gasteiger partial charge in [0.05, 0.1) is 12.8 Å². The third-order valence-corrected chi connectivity index (χ3v) is 8.97. The summed E-state index contributed by atoms with van der Waals surface area (Å²) >= 11 is 6.52. The van der Waals surface area contributed by atoms with Gasteiger partial charge in [0, 0.05) is 61.7 Å². The Hall–Kier alpha value is -2.54. The number of guanidine groups is 1. The van der Waals surface area contributed by atoms with E-state index in [1.807, 2.05) is 30.3 Å². The molecule has 10 heteroatoms. The second-order valence-electron chi connectivity index (χ2n) is 10.4. The number of para-hydroxylation sites is 1. The minimum Gasteiger partial charge on any atom is -0.494 e. The Labute approximate surface area is 224 Å². The van der Waals surface area contributed by atoms with Gasteiger partial charge in [-0.15, -0.1) is 11.6 Å². The standard InChI is InChI=1S/C27H36ClN6O2P/c1-36-24-16-20(34-14-12-33(13-15-34)18-19-8-9-19)10-11-22(24)31-27-29-17-21(28)26(32-27)30-23-6-4-5-7-25(23)37(2,3)35/h4-7,10-11,16-17,19,21,26,30H,8-9,12-15,18H2,1-3H3,(H,31,32). The number of piperazine rings is 1. The average Bonchev–Trinajstić information content (AvgIpc) is 3.70. The van der Waals surface area contributed by atoms with Crippen molar-refractivity contribution in [3.8, 4) is 5.75 Å². The zero-order valence-corrected chi connectivity index (χ0v) is 23.4. The van der Waals surface area contributed by atoms with Gasteiger partial charge in [-0.2, -0.15) is 0 Å². The molecule has 0 radical (unpaired) electrons. The molecule has 5 rings (SSSR count). The van der Waals surface area contributed by atoms with Crippen LogP contribution in [0.1, 0.15) is 12.8 Å². The van der Waals surface area contributed by atoms with Crippen molar-refractivity contribution >= 4 is 53.3 Å². The lowest BCUT2D eigenvalue weighted by atomic mass is 10.2. The molecule has 2 heterocycles. The van der Waals surface area contributed by atoms with Crippen LogP contribution in [0.25, 0.3) is 0 Å². The summed E-state index contributed by atoms with van der Waals surface area (Å²) in [5.41, 5.74) is 2.71. The molecule has 2 aliphatic heterocycles. The predicted octanol–water partition coefficient (Wildman–Crippen LogP) is 4.37. The first-order valence-corrected chi connectivity index (χ1v) is 15.9. The smallest absolute Gasteiger partial charge is 0.224 e. The highest BCUT2D eigenvalue weighted by atomic mass is 35.5. The van der Waals surface area contributed by atoms with Crippen molar-refractivity contribution in [2.24, 2.45) is 15.9 Å². The summed E-state index contributed by atoms with van der Waals surface area (Å²) in [5.74, 6) is 2.10. The van der Waals surface area contributed by atoms with E-state index in [4.69, 9.17) is 21.3 Å². The highest BCUT2D eigenvalue weighted by Gasteiger charge is 2.27. The predicted molar refractivity (Wildman–Crippen MR) is 157 cm³/mol. The summed E-state index contributed by atoms with van der Waals surface area (Å²) in [5, 5.41) is 6.98. The van der Waals surface area contributed by atoms with Crippen LogP contribution in [0.5, 0.6) is 5.75 Å². The molecule has 2 fully saturated rings. The van der Waals surface area contributed by atoms with Crippen LogP contribution in [0.4, 0.5) is 17.1 Å². The number of ether oxygens (including phenoxy) is 1. The third kappa shape index (κ3) is 6.49. The molecule has 8 nitrogen and oxygen atoms in total. The molecule has 0 spiro atoms. The summed E-state index contributed by atoms with van der Waals surface area (Å²) < 4.78 is 18.5. The Balaban J connectivity index is 1.27. The number of rotatable bonds is 8. The Morgan fingerprint density at radius 2 is 1.84 bits per heavy atom. The molecule has 1 saturated carbocycles. The zero-order chi connectivity index (χ0) is 26.0. The van der Waals surface area contributed by atoms with Gasteiger partial charge in [-0.1, -0.05) is 12.1 Å². The van der Waals surface area contributed by atoms with Gasteiger partial charge in [-0.05, 0) is 56.4 Å². The summed E-state index contributed by atoms with van der Waals surface area (Å²) in [6, 6.07) is 13.8. The van der Waals surface area contributed by atoms with Crippen molar-refractivity contribution in [3.63, 3.8) is 0 Å². The number of nitrogens with zero attached hydrogens (tertiary/aromatic N) is 4. The molecular weight excluding hydrogens is 507 g/mol. The van der Waals surface area contributed by atoms with Crippen LogP contribution in [-0.2, 0) is 4.57 Å². The monoisotopic (exact) mass is 542 g/mol. The molecule has 2 aromatic rings. The highest BCUT2D eigenvalue weighted by molar-refractivity contribution is 7.70. The van der Waals surface area contributed by atoms with E-state index in [0.717, 1.165) is 60.2 Å². The van der Waals surface area contributed by atoms with Gasteiger partial charge >= 0.3 is 0 Å². The van der Waals surface area contributed by atoms with Crippen LogP contribution < -0.4 is 25.6 Å². The van der Waals surface area contributed by atoms with Gasteiger partial charge < -0.3 is 24.8 Å². The molecule has 1 saturated heterocycles. The molecule has 0 aromatic heterocycles.